The molecule has 0 N–H and O–H groups in total. The van der Waals surface area contributed by atoms with E-state index in [4.69, 9.17) is 0 Å². The summed E-state index contributed by atoms with van der Waals surface area (Å²) in [7, 11) is 1.90. The van der Waals surface area contributed by atoms with Crippen LogP contribution in [0.25, 0.3) is 0 Å². The second-order valence-corrected chi connectivity index (χ2v) is 4.95. The van der Waals surface area contributed by atoms with Crippen LogP contribution >= 0.6 is 15.9 Å². The van der Waals surface area contributed by atoms with Gasteiger partial charge in [0.15, 0.2) is 0 Å². The number of nitrogens with zero attached hydrogens (tertiary/aromatic N) is 1. The lowest BCUT2D eigenvalue weighted by atomic mass is 10.1. The monoisotopic (exact) mass is 267 g/mol. The van der Waals surface area contributed by atoms with Crippen LogP contribution < -0.4 is 0 Å². The normalized spacial score (nSPS) is 15.1. The number of benzene rings is 1. The van der Waals surface area contributed by atoms with Crippen molar-refractivity contribution in [2.45, 2.75) is 25.3 Å². The van der Waals surface area contributed by atoms with E-state index in [1.165, 1.54) is 12.8 Å². The Labute approximate surface area is 98.4 Å². The number of rotatable bonds is 3. The van der Waals surface area contributed by atoms with Crippen LogP contribution in [0.3, 0.4) is 0 Å². The quantitative estimate of drug-likeness (QED) is 0.825. The molecule has 80 valence electrons. The summed E-state index contributed by atoms with van der Waals surface area (Å²) in [5.41, 5.74) is 1.08. The van der Waals surface area contributed by atoms with Gasteiger partial charge < -0.3 is 4.90 Å². The van der Waals surface area contributed by atoms with Gasteiger partial charge in [-0.3, -0.25) is 4.79 Å². The van der Waals surface area contributed by atoms with E-state index in [1.54, 1.807) is 0 Å². The molecule has 1 aliphatic rings. The lowest BCUT2D eigenvalue weighted by Crippen LogP contribution is -2.30. The van der Waals surface area contributed by atoms with E-state index in [9.17, 15) is 4.79 Å². The van der Waals surface area contributed by atoms with Crippen LogP contribution in [-0.4, -0.2) is 23.9 Å². The van der Waals surface area contributed by atoms with E-state index < -0.39 is 0 Å². The number of halogens is 1. The Morgan fingerprint density at radius 1 is 1.40 bits per heavy atom. The molecule has 0 bridgehead atoms. The van der Waals surface area contributed by atoms with Crippen molar-refractivity contribution in [3.8, 4) is 0 Å². The first-order valence-corrected chi connectivity index (χ1v) is 5.96. The van der Waals surface area contributed by atoms with Crippen LogP contribution in [0.4, 0.5) is 0 Å². The highest BCUT2D eigenvalue weighted by molar-refractivity contribution is 9.10. The second kappa shape index (κ2) is 4.35. The highest BCUT2D eigenvalue weighted by Gasteiger charge is 2.29. The predicted molar refractivity (Wildman–Crippen MR) is 63.6 cm³/mol. The maximum absolute atomic E-state index is 11.8. The second-order valence-electron chi connectivity index (χ2n) is 4.04. The molecule has 0 unspecified atom stereocenters. The molecule has 0 heterocycles. The van der Waals surface area contributed by atoms with Gasteiger partial charge in [-0.05, 0) is 30.5 Å². The molecule has 0 atom stereocenters. The summed E-state index contributed by atoms with van der Waals surface area (Å²) >= 11 is 3.38. The van der Waals surface area contributed by atoms with Crippen molar-refractivity contribution in [3.05, 3.63) is 34.3 Å². The van der Waals surface area contributed by atoms with Crippen LogP contribution in [0.1, 0.15) is 18.4 Å². The van der Waals surface area contributed by atoms with E-state index in [2.05, 4.69) is 15.9 Å². The lowest BCUT2D eigenvalue weighted by Gasteiger charge is -2.16. The van der Waals surface area contributed by atoms with Gasteiger partial charge in [0.05, 0.1) is 6.42 Å². The molecular formula is C12H14BrNO. The number of hydrogen-bond donors (Lipinski definition) is 0. The number of carbonyl (C=O) groups is 1. The number of hydrogen-bond acceptors (Lipinski definition) is 1. The summed E-state index contributed by atoms with van der Waals surface area (Å²) in [5, 5.41) is 0. The number of likely N-dealkylation sites (N-methyl/N-ethyl adjacent to an activating group) is 1. The molecule has 1 amide bonds. The molecule has 1 aromatic rings. The third-order valence-corrected chi connectivity index (χ3v) is 3.29. The van der Waals surface area contributed by atoms with Crippen LogP contribution in [0.2, 0.25) is 0 Å². The molecule has 0 saturated heterocycles. The highest BCUT2D eigenvalue weighted by atomic mass is 79.9. The van der Waals surface area contributed by atoms with Crippen molar-refractivity contribution < 1.29 is 4.79 Å². The molecule has 0 aliphatic heterocycles. The molecule has 15 heavy (non-hydrogen) atoms. The van der Waals surface area contributed by atoms with Gasteiger partial charge in [-0.2, -0.15) is 0 Å². The van der Waals surface area contributed by atoms with Gasteiger partial charge in [-0.1, -0.05) is 28.1 Å². The standard InChI is InChI=1S/C12H14BrNO/c1-14(11-6-7-11)12(15)8-9-2-4-10(13)5-3-9/h2-5,11H,6-8H2,1H3. The molecule has 2 nitrogen and oxygen atoms in total. The Morgan fingerprint density at radius 2 is 2.00 bits per heavy atom. The van der Waals surface area contributed by atoms with E-state index in [1.807, 2.05) is 36.2 Å². The van der Waals surface area contributed by atoms with Gasteiger partial charge in [-0.15, -0.1) is 0 Å². The fourth-order valence-corrected chi connectivity index (χ4v) is 1.83. The zero-order chi connectivity index (χ0) is 10.8. The summed E-state index contributed by atoms with van der Waals surface area (Å²) in [5.74, 6) is 0.222. The Kier molecular flexibility index (Phi) is 3.10. The van der Waals surface area contributed by atoms with Crippen molar-refractivity contribution >= 4 is 21.8 Å². The van der Waals surface area contributed by atoms with Gasteiger partial charge in [-0.25, -0.2) is 0 Å². The summed E-state index contributed by atoms with van der Waals surface area (Å²) in [6, 6.07) is 8.43. The van der Waals surface area contributed by atoms with E-state index in [-0.39, 0.29) is 5.91 Å². The minimum Gasteiger partial charge on any atom is -0.342 e. The Morgan fingerprint density at radius 3 is 2.53 bits per heavy atom. The van der Waals surface area contributed by atoms with Crippen LogP contribution in [0.5, 0.6) is 0 Å². The van der Waals surface area contributed by atoms with Gasteiger partial charge in [0, 0.05) is 17.6 Å². The molecule has 0 radical (unpaired) electrons. The number of carbonyl (C=O) groups excluding carboxylic acids is 1. The lowest BCUT2D eigenvalue weighted by molar-refractivity contribution is -0.129. The summed E-state index contributed by atoms with van der Waals surface area (Å²) < 4.78 is 1.05. The van der Waals surface area contributed by atoms with Gasteiger partial charge in [0.1, 0.15) is 0 Å². The van der Waals surface area contributed by atoms with Crippen LogP contribution in [0.15, 0.2) is 28.7 Å². The Balaban J connectivity index is 1.95. The minimum atomic E-state index is 0.222. The third-order valence-electron chi connectivity index (χ3n) is 2.76. The average molecular weight is 268 g/mol. The predicted octanol–water partition coefficient (Wildman–Crippen LogP) is 2.61. The molecule has 1 fully saturated rings. The van der Waals surface area contributed by atoms with Crippen molar-refractivity contribution in [1.29, 1.82) is 0 Å². The Bertz CT molecular complexity index is 356. The first-order valence-electron chi connectivity index (χ1n) is 5.17. The summed E-state index contributed by atoms with van der Waals surface area (Å²) in [6.07, 6.45) is 2.85. The molecule has 0 spiro atoms. The molecule has 2 rings (SSSR count). The maximum atomic E-state index is 11.8. The largest absolute Gasteiger partial charge is 0.342 e. The van der Waals surface area contributed by atoms with Gasteiger partial charge in [0.2, 0.25) is 5.91 Å². The van der Waals surface area contributed by atoms with Crippen molar-refractivity contribution in [1.82, 2.24) is 4.90 Å². The molecule has 3 heteroatoms. The van der Waals surface area contributed by atoms with E-state index in [0.717, 1.165) is 10.0 Å². The van der Waals surface area contributed by atoms with Crippen LogP contribution in [-0.2, 0) is 11.2 Å². The molecule has 1 saturated carbocycles. The number of amides is 1. The van der Waals surface area contributed by atoms with Gasteiger partial charge in [0.25, 0.3) is 0 Å². The molecule has 1 aromatic carbocycles. The maximum Gasteiger partial charge on any atom is 0.226 e. The zero-order valence-electron chi connectivity index (χ0n) is 8.74. The topological polar surface area (TPSA) is 20.3 Å². The van der Waals surface area contributed by atoms with Crippen LogP contribution in [0, 0.1) is 0 Å². The first-order chi connectivity index (χ1) is 7.16. The Hall–Kier alpha value is -0.830. The third kappa shape index (κ3) is 2.81. The van der Waals surface area contributed by atoms with Crippen molar-refractivity contribution in [2.75, 3.05) is 7.05 Å². The van der Waals surface area contributed by atoms with Gasteiger partial charge >= 0.3 is 0 Å². The smallest absolute Gasteiger partial charge is 0.226 e. The van der Waals surface area contributed by atoms with E-state index >= 15 is 0 Å². The average Bonchev–Trinajstić information content (AvgIpc) is 3.04. The van der Waals surface area contributed by atoms with Crippen molar-refractivity contribution in [3.63, 3.8) is 0 Å². The molecule has 1 aliphatic carbocycles. The zero-order valence-corrected chi connectivity index (χ0v) is 10.3. The fourth-order valence-electron chi connectivity index (χ4n) is 1.57. The first kappa shape index (κ1) is 10.7. The SMILES string of the molecule is CN(C(=O)Cc1ccc(Br)cc1)C1CC1. The van der Waals surface area contributed by atoms with Crippen molar-refractivity contribution in [2.24, 2.45) is 0 Å². The summed E-state index contributed by atoms with van der Waals surface area (Å²) in [6.45, 7) is 0. The highest BCUT2D eigenvalue weighted by Crippen LogP contribution is 2.25. The van der Waals surface area contributed by atoms with E-state index in [0.29, 0.717) is 12.5 Å². The molecular weight excluding hydrogens is 254 g/mol. The molecule has 0 aromatic heterocycles. The minimum absolute atomic E-state index is 0.222. The fraction of sp³-hybridized carbons (Fsp3) is 0.417. The summed E-state index contributed by atoms with van der Waals surface area (Å²) in [4.78, 5) is 13.7.